The van der Waals surface area contributed by atoms with Gasteiger partial charge in [0.1, 0.15) is 0 Å². The maximum Gasteiger partial charge on any atom is 0.0560 e. The van der Waals surface area contributed by atoms with Crippen molar-refractivity contribution in [1.82, 2.24) is 4.57 Å². The van der Waals surface area contributed by atoms with Crippen molar-refractivity contribution in [2.75, 3.05) is 0 Å². The van der Waals surface area contributed by atoms with Gasteiger partial charge < -0.3 is 4.57 Å². The van der Waals surface area contributed by atoms with Gasteiger partial charge >= 0.3 is 0 Å². The summed E-state index contributed by atoms with van der Waals surface area (Å²) in [6.45, 7) is 2.17. The summed E-state index contributed by atoms with van der Waals surface area (Å²) in [4.78, 5) is 0. The van der Waals surface area contributed by atoms with Crippen LogP contribution < -0.4 is 0 Å². The highest BCUT2D eigenvalue weighted by Gasteiger charge is 2.16. The monoisotopic (exact) mass is 259 g/mol. The molecule has 0 N–H and O–H groups in total. The summed E-state index contributed by atoms with van der Waals surface area (Å²) in [7, 11) is 0. The van der Waals surface area contributed by atoms with Crippen molar-refractivity contribution in [3.63, 3.8) is 0 Å². The van der Waals surface area contributed by atoms with Gasteiger partial charge in [0.2, 0.25) is 0 Å². The number of aromatic nitrogens is 1. The van der Waals surface area contributed by atoms with Crippen LogP contribution in [0.5, 0.6) is 0 Å². The van der Waals surface area contributed by atoms with E-state index in [0.717, 1.165) is 6.42 Å². The Kier molecular flexibility index (Phi) is 2.53. The molecule has 0 spiro atoms. The van der Waals surface area contributed by atoms with Crippen molar-refractivity contribution in [2.24, 2.45) is 0 Å². The minimum atomic E-state index is 0.420. The maximum absolute atomic E-state index is 2.48. The number of allylic oxidation sites excluding steroid dienone is 4. The first kappa shape index (κ1) is 11.5. The van der Waals surface area contributed by atoms with Crippen LogP contribution in [0, 0.1) is 0 Å². The molecule has 1 unspecified atom stereocenters. The van der Waals surface area contributed by atoms with Crippen molar-refractivity contribution >= 4 is 21.8 Å². The Morgan fingerprint density at radius 3 is 2.05 bits per heavy atom. The fourth-order valence-electron chi connectivity index (χ4n) is 3.22. The van der Waals surface area contributed by atoms with E-state index in [9.17, 15) is 0 Å². The molecule has 0 bridgehead atoms. The summed E-state index contributed by atoms with van der Waals surface area (Å²) in [6.07, 6.45) is 7.96. The summed E-state index contributed by atoms with van der Waals surface area (Å²) in [6, 6.07) is 17.8. The van der Waals surface area contributed by atoms with Gasteiger partial charge in [0.25, 0.3) is 0 Å². The molecule has 2 aromatic carbocycles. The van der Waals surface area contributed by atoms with E-state index < -0.39 is 0 Å². The Labute approximate surface area is 118 Å². The van der Waals surface area contributed by atoms with Crippen molar-refractivity contribution in [3.8, 4) is 0 Å². The van der Waals surface area contributed by atoms with Crippen LogP contribution in [0.15, 0.2) is 72.3 Å². The van der Waals surface area contributed by atoms with E-state index in [1.807, 2.05) is 0 Å². The number of benzene rings is 2. The number of para-hydroxylation sites is 2. The van der Waals surface area contributed by atoms with E-state index in [0.29, 0.717) is 6.04 Å². The van der Waals surface area contributed by atoms with Gasteiger partial charge in [-0.25, -0.2) is 0 Å². The third kappa shape index (κ3) is 1.63. The van der Waals surface area contributed by atoms with Gasteiger partial charge in [-0.3, -0.25) is 0 Å². The molecule has 0 radical (unpaired) electrons. The van der Waals surface area contributed by atoms with E-state index in [4.69, 9.17) is 0 Å². The highest BCUT2D eigenvalue weighted by atomic mass is 15.0. The van der Waals surface area contributed by atoms with Crippen LogP contribution in [0.4, 0.5) is 0 Å². The van der Waals surface area contributed by atoms with E-state index in [-0.39, 0.29) is 0 Å². The molecular weight excluding hydrogens is 242 g/mol. The molecule has 3 aromatic rings. The molecule has 1 aromatic heterocycles. The minimum absolute atomic E-state index is 0.420. The normalized spacial score (nSPS) is 18.6. The Morgan fingerprint density at radius 2 is 1.50 bits per heavy atom. The van der Waals surface area contributed by atoms with Crippen molar-refractivity contribution in [2.45, 2.75) is 19.4 Å². The fourth-order valence-corrected chi connectivity index (χ4v) is 3.22. The summed E-state index contributed by atoms with van der Waals surface area (Å²) in [5.74, 6) is 0. The first-order chi connectivity index (χ1) is 9.84. The highest BCUT2D eigenvalue weighted by Crippen LogP contribution is 2.34. The quantitative estimate of drug-likeness (QED) is 0.563. The third-order valence-corrected chi connectivity index (χ3v) is 4.21. The van der Waals surface area contributed by atoms with E-state index in [1.54, 1.807) is 0 Å². The smallest absolute Gasteiger partial charge is 0.0560 e. The van der Waals surface area contributed by atoms with Crippen LogP contribution in [0.25, 0.3) is 21.8 Å². The Bertz CT molecular complexity index is 795. The predicted octanol–water partition coefficient (Wildman–Crippen LogP) is 5.24. The molecule has 1 aliphatic rings. The predicted molar refractivity (Wildman–Crippen MR) is 86.0 cm³/mol. The molecule has 0 fully saturated rings. The molecule has 4 rings (SSSR count). The molecule has 0 aliphatic heterocycles. The lowest BCUT2D eigenvalue weighted by molar-refractivity contribution is 0.644. The van der Waals surface area contributed by atoms with Gasteiger partial charge in [-0.2, -0.15) is 0 Å². The molecule has 1 aliphatic carbocycles. The number of rotatable bonds is 1. The van der Waals surface area contributed by atoms with Crippen LogP contribution in [-0.2, 0) is 0 Å². The lowest BCUT2D eigenvalue weighted by Crippen LogP contribution is -2.07. The lowest BCUT2D eigenvalue weighted by Gasteiger charge is -2.19. The molecule has 1 heteroatoms. The largest absolute Gasteiger partial charge is 0.333 e. The SMILES string of the molecule is CC1=CCC(n2c3ccccc3c3ccccc32)C=C1. The zero-order valence-corrected chi connectivity index (χ0v) is 11.6. The zero-order chi connectivity index (χ0) is 13.5. The molecule has 1 atom stereocenters. The molecule has 1 nitrogen and oxygen atoms in total. The highest BCUT2D eigenvalue weighted by molar-refractivity contribution is 6.08. The lowest BCUT2D eigenvalue weighted by atomic mass is 10.0. The molecule has 98 valence electrons. The van der Waals surface area contributed by atoms with Gasteiger partial charge in [0.05, 0.1) is 6.04 Å². The second kappa shape index (κ2) is 4.38. The Morgan fingerprint density at radius 1 is 0.900 bits per heavy atom. The molecule has 0 saturated carbocycles. The van der Waals surface area contributed by atoms with E-state index in [1.165, 1.54) is 27.4 Å². The van der Waals surface area contributed by atoms with Gasteiger partial charge in [-0.15, -0.1) is 0 Å². The summed E-state index contributed by atoms with van der Waals surface area (Å²) < 4.78 is 2.48. The third-order valence-electron chi connectivity index (χ3n) is 4.21. The van der Waals surface area contributed by atoms with Gasteiger partial charge in [0.15, 0.2) is 0 Å². The van der Waals surface area contributed by atoms with E-state index >= 15 is 0 Å². The van der Waals surface area contributed by atoms with Crippen molar-refractivity contribution in [3.05, 3.63) is 72.3 Å². The maximum atomic E-state index is 2.48. The molecule has 1 heterocycles. The van der Waals surface area contributed by atoms with Crippen molar-refractivity contribution < 1.29 is 0 Å². The fraction of sp³-hybridized carbons (Fsp3) is 0.158. The average molecular weight is 259 g/mol. The molecule has 20 heavy (non-hydrogen) atoms. The first-order valence-corrected chi connectivity index (χ1v) is 7.17. The average Bonchev–Trinajstić information content (AvgIpc) is 2.83. The van der Waals surface area contributed by atoms with Crippen LogP contribution in [-0.4, -0.2) is 4.57 Å². The van der Waals surface area contributed by atoms with Crippen LogP contribution in [0.3, 0.4) is 0 Å². The molecule has 0 saturated heterocycles. The molecular formula is C19H17N. The van der Waals surface area contributed by atoms with Crippen LogP contribution in [0.2, 0.25) is 0 Å². The Balaban J connectivity index is 2.03. The second-order valence-electron chi connectivity index (χ2n) is 5.51. The summed E-state index contributed by atoms with van der Waals surface area (Å²) in [5, 5.41) is 2.70. The Hall–Kier alpha value is -2.28. The first-order valence-electron chi connectivity index (χ1n) is 7.17. The van der Waals surface area contributed by atoms with Crippen LogP contribution >= 0.6 is 0 Å². The summed E-state index contributed by atoms with van der Waals surface area (Å²) >= 11 is 0. The van der Waals surface area contributed by atoms with E-state index in [2.05, 4.69) is 78.2 Å². The number of fused-ring (bicyclic) bond motifs is 3. The zero-order valence-electron chi connectivity index (χ0n) is 11.6. The minimum Gasteiger partial charge on any atom is -0.333 e. The number of nitrogens with zero attached hydrogens (tertiary/aromatic N) is 1. The van der Waals surface area contributed by atoms with Gasteiger partial charge in [-0.05, 0) is 25.5 Å². The van der Waals surface area contributed by atoms with Crippen LogP contribution in [0.1, 0.15) is 19.4 Å². The second-order valence-corrected chi connectivity index (χ2v) is 5.51. The number of hydrogen-bond acceptors (Lipinski definition) is 0. The molecule has 0 amide bonds. The summed E-state index contributed by atoms with van der Waals surface area (Å²) in [5.41, 5.74) is 4.02. The number of hydrogen-bond donors (Lipinski definition) is 0. The van der Waals surface area contributed by atoms with Gasteiger partial charge in [-0.1, -0.05) is 60.2 Å². The van der Waals surface area contributed by atoms with Gasteiger partial charge in [0, 0.05) is 21.8 Å². The topological polar surface area (TPSA) is 4.93 Å². The van der Waals surface area contributed by atoms with Crippen molar-refractivity contribution in [1.29, 1.82) is 0 Å². The standard InChI is InChI=1S/C19H17N/c1-14-10-12-15(13-11-14)20-18-8-4-2-6-16(18)17-7-3-5-9-19(17)20/h2-12,15H,13H2,1H3.